The summed E-state index contributed by atoms with van der Waals surface area (Å²) in [5.41, 5.74) is 6.82. The van der Waals surface area contributed by atoms with Crippen LogP contribution in [-0.4, -0.2) is 42.3 Å². The van der Waals surface area contributed by atoms with Gasteiger partial charge in [-0.2, -0.15) is 0 Å². The number of likely N-dealkylation sites (tertiary alicyclic amines) is 1. The minimum Gasteiger partial charge on any atom is -0.395 e. The van der Waals surface area contributed by atoms with Crippen molar-refractivity contribution in [3.8, 4) is 0 Å². The predicted octanol–water partition coefficient (Wildman–Crippen LogP) is 2.96. The van der Waals surface area contributed by atoms with Crippen molar-refractivity contribution in [1.82, 2.24) is 4.90 Å². The van der Waals surface area contributed by atoms with Crippen LogP contribution in [0.4, 0.5) is 11.4 Å². The Morgan fingerprint density at radius 3 is 2.87 bits per heavy atom. The molecule has 0 bridgehead atoms. The van der Waals surface area contributed by atoms with Crippen LogP contribution in [0.2, 0.25) is 0 Å². The molecule has 1 aliphatic carbocycles. The number of fused-ring (bicyclic) bond motifs is 1. The maximum atomic E-state index is 9.74. The Kier molecular flexibility index (Phi) is 4.04. The van der Waals surface area contributed by atoms with Crippen LogP contribution in [0.25, 0.3) is 0 Å². The number of anilines is 2. The average molecular weight is 313 g/mol. The molecule has 0 aromatic heterocycles. The van der Waals surface area contributed by atoms with Gasteiger partial charge in [0, 0.05) is 30.2 Å². The summed E-state index contributed by atoms with van der Waals surface area (Å²) in [7, 11) is 1.97. The van der Waals surface area contributed by atoms with Gasteiger partial charge in [-0.15, -0.1) is 0 Å². The Labute approximate surface area is 138 Å². The molecule has 1 aromatic rings. The first kappa shape index (κ1) is 15.0. The first-order valence-corrected chi connectivity index (χ1v) is 8.96. The zero-order valence-corrected chi connectivity index (χ0v) is 13.9. The third-order valence-electron chi connectivity index (χ3n) is 5.79. The van der Waals surface area contributed by atoms with Crippen molar-refractivity contribution in [2.75, 3.05) is 30.8 Å². The SMILES string of the molecule is CNc1ccc2c(c1)NC(=C1CCC1)C(N1CCCC1CO)C2. The van der Waals surface area contributed by atoms with Crippen molar-refractivity contribution < 1.29 is 5.11 Å². The van der Waals surface area contributed by atoms with Gasteiger partial charge in [-0.05, 0) is 68.3 Å². The minimum absolute atomic E-state index is 0.282. The molecule has 1 aromatic carbocycles. The first-order valence-electron chi connectivity index (χ1n) is 8.96. The second-order valence-corrected chi connectivity index (χ2v) is 7.05. The van der Waals surface area contributed by atoms with E-state index in [0.717, 1.165) is 25.1 Å². The van der Waals surface area contributed by atoms with E-state index < -0.39 is 0 Å². The number of rotatable bonds is 3. The molecule has 3 aliphatic rings. The van der Waals surface area contributed by atoms with Gasteiger partial charge in [0.15, 0.2) is 0 Å². The van der Waals surface area contributed by atoms with Crippen molar-refractivity contribution in [3.63, 3.8) is 0 Å². The standard InChI is InChI=1S/C19H27N3O/c1-20-15-8-7-14-10-18(22-9-3-6-16(22)12-23)19(13-4-2-5-13)21-17(14)11-15/h7-8,11,16,18,20-21,23H,2-6,9-10,12H2,1H3. The smallest absolute Gasteiger partial charge is 0.0587 e. The normalized spacial score (nSPS) is 27.4. The van der Waals surface area contributed by atoms with Crippen molar-refractivity contribution in [2.45, 2.75) is 50.6 Å². The molecular weight excluding hydrogens is 286 g/mol. The van der Waals surface area contributed by atoms with E-state index >= 15 is 0 Å². The van der Waals surface area contributed by atoms with Gasteiger partial charge < -0.3 is 15.7 Å². The summed E-state index contributed by atoms with van der Waals surface area (Å²) in [6, 6.07) is 7.37. The molecule has 2 heterocycles. The first-order chi connectivity index (χ1) is 11.3. The summed E-state index contributed by atoms with van der Waals surface area (Å²) in [4.78, 5) is 2.54. The quantitative estimate of drug-likeness (QED) is 0.803. The fourth-order valence-corrected chi connectivity index (χ4v) is 4.26. The van der Waals surface area contributed by atoms with Crippen LogP contribution in [0.5, 0.6) is 0 Å². The van der Waals surface area contributed by atoms with Crippen molar-refractivity contribution in [1.29, 1.82) is 0 Å². The maximum Gasteiger partial charge on any atom is 0.0587 e. The van der Waals surface area contributed by atoms with E-state index in [4.69, 9.17) is 0 Å². The summed E-state index contributed by atoms with van der Waals surface area (Å²) < 4.78 is 0. The monoisotopic (exact) mass is 313 g/mol. The van der Waals surface area contributed by atoms with Gasteiger partial charge in [0.25, 0.3) is 0 Å². The molecule has 1 saturated carbocycles. The molecule has 4 rings (SSSR count). The lowest BCUT2D eigenvalue weighted by Crippen LogP contribution is -2.47. The number of nitrogens with one attached hydrogen (secondary N) is 2. The van der Waals surface area contributed by atoms with E-state index in [-0.39, 0.29) is 6.61 Å². The van der Waals surface area contributed by atoms with Crippen LogP contribution < -0.4 is 10.6 Å². The third kappa shape index (κ3) is 2.64. The Morgan fingerprint density at radius 2 is 2.17 bits per heavy atom. The maximum absolute atomic E-state index is 9.74. The minimum atomic E-state index is 0.282. The zero-order chi connectivity index (χ0) is 15.8. The third-order valence-corrected chi connectivity index (χ3v) is 5.79. The molecule has 124 valence electrons. The van der Waals surface area contributed by atoms with E-state index in [1.165, 1.54) is 42.6 Å². The Hall–Kier alpha value is -1.52. The molecule has 23 heavy (non-hydrogen) atoms. The highest BCUT2D eigenvalue weighted by molar-refractivity contribution is 5.66. The highest BCUT2D eigenvalue weighted by Gasteiger charge is 2.37. The van der Waals surface area contributed by atoms with E-state index in [9.17, 15) is 5.11 Å². The molecule has 2 aliphatic heterocycles. The number of aliphatic hydroxyl groups excluding tert-OH is 1. The van der Waals surface area contributed by atoms with Crippen LogP contribution >= 0.6 is 0 Å². The molecular formula is C19H27N3O. The molecule has 4 nitrogen and oxygen atoms in total. The van der Waals surface area contributed by atoms with E-state index in [1.807, 2.05) is 7.05 Å². The summed E-state index contributed by atoms with van der Waals surface area (Å²) in [5, 5.41) is 16.7. The van der Waals surface area contributed by atoms with Gasteiger partial charge in [0.2, 0.25) is 0 Å². The van der Waals surface area contributed by atoms with Crippen molar-refractivity contribution >= 4 is 11.4 Å². The number of hydrogen-bond acceptors (Lipinski definition) is 4. The molecule has 2 unspecified atom stereocenters. The molecule has 2 fully saturated rings. The lowest BCUT2D eigenvalue weighted by Gasteiger charge is -2.41. The van der Waals surface area contributed by atoms with Gasteiger partial charge in [0.1, 0.15) is 0 Å². The highest BCUT2D eigenvalue weighted by Crippen LogP contribution is 2.39. The lowest BCUT2D eigenvalue weighted by atomic mass is 9.84. The summed E-state index contributed by atoms with van der Waals surface area (Å²) in [6.45, 7) is 1.39. The number of benzene rings is 1. The molecule has 3 N–H and O–H groups in total. The average Bonchev–Trinajstić information content (AvgIpc) is 3.00. The zero-order valence-electron chi connectivity index (χ0n) is 13.9. The number of allylic oxidation sites excluding steroid dienone is 1. The van der Waals surface area contributed by atoms with E-state index in [2.05, 4.69) is 33.7 Å². The van der Waals surface area contributed by atoms with Crippen molar-refractivity contribution in [3.05, 3.63) is 35.0 Å². The van der Waals surface area contributed by atoms with Crippen LogP contribution in [0.1, 0.15) is 37.7 Å². The fraction of sp³-hybridized carbons (Fsp3) is 0.579. The predicted molar refractivity (Wildman–Crippen MR) is 94.8 cm³/mol. The summed E-state index contributed by atoms with van der Waals surface area (Å²) in [5.74, 6) is 0. The largest absolute Gasteiger partial charge is 0.395 e. The summed E-state index contributed by atoms with van der Waals surface area (Å²) >= 11 is 0. The Balaban J connectivity index is 1.69. The van der Waals surface area contributed by atoms with Crippen LogP contribution in [0.3, 0.4) is 0 Å². The Bertz CT molecular complexity index is 619. The fourth-order valence-electron chi connectivity index (χ4n) is 4.26. The van der Waals surface area contributed by atoms with Gasteiger partial charge in [-0.3, -0.25) is 4.90 Å². The van der Waals surface area contributed by atoms with Crippen LogP contribution in [0.15, 0.2) is 29.5 Å². The molecule has 2 atom stereocenters. The number of aliphatic hydroxyl groups is 1. The second kappa shape index (κ2) is 6.17. The van der Waals surface area contributed by atoms with Gasteiger partial charge in [-0.25, -0.2) is 0 Å². The van der Waals surface area contributed by atoms with Crippen molar-refractivity contribution in [2.24, 2.45) is 0 Å². The molecule has 4 heteroatoms. The molecule has 0 amide bonds. The molecule has 1 saturated heterocycles. The summed E-state index contributed by atoms with van der Waals surface area (Å²) in [6.07, 6.45) is 7.17. The van der Waals surface area contributed by atoms with E-state index in [1.54, 1.807) is 5.57 Å². The van der Waals surface area contributed by atoms with Crippen LogP contribution in [-0.2, 0) is 6.42 Å². The second-order valence-electron chi connectivity index (χ2n) is 7.05. The molecule has 0 radical (unpaired) electrons. The number of nitrogens with zero attached hydrogens (tertiary/aromatic N) is 1. The van der Waals surface area contributed by atoms with Gasteiger partial charge >= 0.3 is 0 Å². The highest BCUT2D eigenvalue weighted by atomic mass is 16.3. The Morgan fingerprint density at radius 1 is 1.30 bits per heavy atom. The van der Waals surface area contributed by atoms with Gasteiger partial charge in [0.05, 0.1) is 12.6 Å². The number of hydrogen-bond donors (Lipinski definition) is 3. The van der Waals surface area contributed by atoms with Crippen LogP contribution in [0, 0.1) is 0 Å². The molecule has 0 spiro atoms. The lowest BCUT2D eigenvalue weighted by molar-refractivity contribution is 0.130. The van der Waals surface area contributed by atoms with E-state index in [0.29, 0.717) is 12.1 Å². The topological polar surface area (TPSA) is 47.5 Å². The van der Waals surface area contributed by atoms with Gasteiger partial charge in [-0.1, -0.05) is 6.07 Å².